The molecule has 0 saturated carbocycles. The van der Waals surface area contributed by atoms with E-state index in [1.807, 2.05) is 0 Å². The van der Waals surface area contributed by atoms with Crippen molar-refractivity contribution in [3.05, 3.63) is 44.7 Å². The molecule has 3 aromatic rings. The molecule has 94 valence electrons. The lowest BCUT2D eigenvalue weighted by Gasteiger charge is -2.09. The second kappa shape index (κ2) is 4.02. The topological polar surface area (TPSA) is 121 Å². The number of H-pyrrole nitrogens is 1. The van der Waals surface area contributed by atoms with Crippen LogP contribution in [0.4, 0.5) is 11.4 Å². The van der Waals surface area contributed by atoms with Crippen molar-refractivity contribution in [2.45, 2.75) is 0 Å². The molecule has 19 heavy (non-hydrogen) atoms. The van der Waals surface area contributed by atoms with Gasteiger partial charge in [-0.2, -0.15) is 5.21 Å². The Labute approximate surface area is 105 Å². The Morgan fingerprint density at radius 3 is 2.74 bits per heavy atom. The lowest BCUT2D eigenvalue weighted by Crippen LogP contribution is -2.32. The zero-order valence-corrected chi connectivity index (χ0v) is 9.41. The third-order valence-electron chi connectivity index (χ3n) is 2.62. The van der Waals surface area contributed by atoms with Crippen LogP contribution in [0.2, 0.25) is 0 Å². The van der Waals surface area contributed by atoms with Crippen molar-refractivity contribution in [3.8, 4) is 17.1 Å². The van der Waals surface area contributed by atoms with E-state index in [1.165, 1.54) is 0 Å². The van der Waals surface area contributed by atoms with E-state index in [1.54, 1.807) is 24.3 Å². The zero-order valence-electron chi connectivity index (χ0n) is 9.41. The molecule has 0 saturated heterocycles. The fourth-order valence-corrected chi connectivity index (χ4v) is 1.66. The number of aromatic nitrogens is 4. The second-order valence-electron chi connectivity index (χ2n) is 3.82. The first-order valence-corrected chi connectivity index (χ1v) is 5.30. The van der Waals surface area contributed by atoms with Gasteiger partial charge >= 0.3 is 0 Å². The molecule has 0 amide bonds. The number of hydrogen-bond donors (Lipinski definition) is 3. The maximum atomic E-state index is 11.2. The first-order chi connectivity index (χ1) is 9.16. The highest BCUT2D eigenvalue weighted by molar-refractivity contribution is 5.72. The maximum Gasteiger partial charge on any atom is 0.271 e. The summed E-state index contributed by atoms with van der Waals surface area (Å²) in [5.41, 5.74) is -0.504. The Morgan fingerprint density at radius 2 is 2.05 bits per heavy atom. The Hall–Kier alpha value is -3.03. The molecular weight excluding hydrogens is 250 g/mol. The standard InChI is InChI=1S/C11H7N5O3/c17-8-7(9(18)10(8)19)12-6-3-1-2-5(4-6)11-13-15-16-14-11/h1-4,12,17H,(H,13,14,15,16). The summed E-state index contributed by atoms with van der Waals surface area (Å²) in [7, 11) is 0. The van der Waals surface area contributed by atoms with Gasteiger partial charge in [0.2, 0.25) is 5.82 Å². The Morgan fingerprint density at radius 1 is 1.21 bits per heavy atom. The molecule has 0 bridgehead atoms. The number of rotatable bonds is 3. The summed E-state index contributed by atoms with van der Waals surface area (Å²) in [5, 5.41) is 25.4. The minimum Gasteiger partial charge on any atom is -0.502 e. The minimum absolute atomic E-state index is 0.102. The predicted molar refractivity (Wildman–Crippen MR) is 65.9 cm³/mol. The van der Waals surface area contributed by atoms with E-state index >= 15 is 0 Å². The summed E-state index contributed by atoms with van der Waals surface area (Å²) in [4.78, 5) is 22.1. The van der Waals surface area contributed by atoms with Crippen molar-refractivity contribution in [3.63, 3.8) is 0 Å². The summed E-state index contributed by atoms with van der Waals surface area (Å²) >= 11 is 0. The Kier molecular flexibility index (Phi) is 2.34. The molecule has 3 rings (SSSR count). The average Bonchev–Trinajstić information content (AvgIpc) is 2.98. The first-order valence-electron chi connectivity index (χ1n) is 5.30. The van der Waals surface area contributed by atoms with Gasteiger partial charge in [0.05, 0.1) is 0 Å². The van der Waals surface area contributed by atoms with E-state index in [0.717, 1.165) is 0 Å². The number of nitrogens with one attached hydrogen (secondary N) is 2. The molecule has 0 aliphatic carbocycles. The van der Waals surface area contributed by atoms with E-state index in [0.29, 0.717) is 17.1 Å². The number of aromatic hydroxyl groups is 1. The SMILES string of the molecule is O=c1c(O)c(Nc2cccc(-c3nn[nH]n3)c2)c1=O. The van der Waals surface area contributed by atoms with E-state index in [-0.39, 0.29) is 5.69 Å². The molecule has 3 N–H and O–H groups in total. The van der Waals surface area contributed by atoms with E-state index in [9.17, 15) is 14.7 Å². The van der Waals surface area contributed by atoms with Crippen molar-refractivity contribution in [2.24, 2.45) is 0 Å². The fraction of sp³-hybridized carbons (Fsp3) is 0. The smallest absolute Gasteiger partial charge is 0.271 e. The lowest BCUT2D eigenvalue weighted by atomic mass is 10.1. The van der Waals surface area contributed by atoms with Crippen molar-refractivity contribution >= 4 is 11.4 Å². The number of nitrogens with zero attached hydrogens (tertiary/aromatic N) is 3. The van der Waals surface area contributed by atoms with Gasteiger partial charge in [-0.15, -0.1) is 10.2 Å². The summed E-state index contributed by atoms with van der Waals surface area (Å²) in [6, 6.07) is 6.83. The van der Waals surface area contributed by atoms with Gasteiger partial charge in [0.25, 0.3) is 10.9 Å². The molecule has 0 atom stereocenters. The van der Waals surface area contributed by atoms with Crippen LogP contribution in [0.3, 0.4) is 0 Å². The molecule has 2 aromatic carbocycles. The van der Waals surface area contributed by atoms with Crippen LogP contribution < -0.4 is 16.2 Å². The highest BCUT2D eigenvalue weighted by atomic mass is 16.3. The van der Waals surface area contributed by atoms with E-state index in [4.69, 9.17) is 0 Å². The van der Waals surface area contributed by atoms with Gasteiger partial charge in [0.1, 0.15) is 5.69 Å². The van der Waals surface area contributed by atoms with Crippen LogP contribution in [0.5, 0.6) is 5.75 Å². The van der Waals surface area contributed by atoms with Gasteiger partial charge < -0.3 is 10.4 Å². The quantitative estimate of drug-likeness (QED) is 0.560. The monoisotopic (exact) mass is 257 g/mol. The normalized spacial score (nSPS) is 10.7. The molecule has 8 heteroatoms. The molecular formula is C11H7N5O3. The largest absolute Gasteiger partial charge is 0.502 e. The number of benzene rings is 1. The number of anilines is 2. The van der Waals surface area contributed by atoms with Gasteiger partial charge in [0.15, 0.2) is 5.75 Å². The summed E-state index contributed by atoms with van der Waals surface area (Å²) < 4.78 is 0. The van der Waals surface area contributed by atoms with Crippen LogP contribution in [0.15, 0.2) is 33.9 Å². The van der Waals surface area contributed by atoms with Crippen molar-refractivity contribution in [1.82, 2.24) is 20.6 Å². The van der Waals surface area contributed by atoms with Crippen LogP contribution in [0.1, 0.15) is 0 Å². The minimum atomic E-state index is -0.878. The van der Waals surface area contributed by atoms with Crippen molar-refractivity contribution in [1.29, 1.82) is 0 Å². The van der Waals surface area contributed by atoms with Crippen LogP contribution >= 0.6 is 0 Å². The molecule has 0 unspecified atom stereocenters. The predicted octanol–water partition coefficient (Wildman–Crippen LogP) is -0.0881. The molecule has 0 fully saturated rings. The van der Waals surface area contributed by atoms with Gasteiger partial charge in [-0.25, -0.2) is 0 Å². The summed E-state index contributed by atoms with van der Waals surface area (Å²) in [6.07, 6.45) is 0. The molecule has 0 aliphatic heterocycles. The van der Waals surface area contributed by atoms with Crippen molar-refractivity contribution in [2.75, 3.05) is 5.32 Å². The molecule has 8 nitrogen and oxygen atoms in total. The average molecular weight is 257 g/mol. The Balaban J connectivity index is 1.93. The summed E-state index contributed by atoms with van der Waals surface area (Å²) in [5.74, 6) is -0.146. The second-order valence-corrected chi connectivity index (χ2v) is 3.82. The van der Waals surface area contributed by atoms with Crippen LogP contribution in [0, 0.1) is 0 Å². The first kappa shape index (κ1) is 11.1. The van der Waals surface area contributed by atoms with Crippen LogP contribution in [-0.4, -0.2) is 25.7 Å². The van der Waals surface area contributed by atoms with Crippen molar-refractivity contribution < 1.29 is 5.11 Å². The molecule has 0 aliphatic rings. The van der Waals surface area contributed by atoms with Crippen LogP contribution in [-0.2, 0) is 0 Å². The van der Waals surface area contributed by atoms with E-state index < -0.39 is 16.6 Å². The lowest BCUT2D eigenvalue weighted by molar-refractivity contribution is 0.466. The maximum absolute atomic E-state index is 11.2. The van der Waals surface area contributed by atoms with Crippen LogP contribution in [0.25, 0.3) is 11.4 Å². The van der Waals surface area contributed by atoms with Gasteiger partial charge in [0, 0.05) is 11.3 Å². The molecule has 0 spiro atoms. The molecule has 1 heterocycles. The number of tetrazole rings is 1. The number of aromatic amines is 1. The highest BCUT2D eigenvalue weighted by Crippen LogP contribution is 2.24. The third-order valence-corrected chi connectivity index (χ3v) is 2.62. The highest BCUT2D eigenvalue weighted by Gasteiger charge is 2.20. The zero-order chi connectivity index (χ0) is 13.4. The summed E-state index contributed by atoms with van der Waals surface area (Å²) in [6.45, 7) is 0. The van der Waals surface area contributed by atoms with Gasteiger partial charge in [-0.1, -0.05) is 12.1 Å². The fourth-order valence-electron chi connectivity index (χ4n) is 1.66. The third kappa shape index (κ3) is 1.75. The number of hydrogen-bond acceptors (Lipinski definition) is 7. The van der Waals surface area contributed by atoms with Gasteiger partial charge in [-0.3, -0.25) is 9.59 Å². The molecule has 0 radical (unpaired) electrons. The molecule has 1 aromatic heterocycles. The van der Waals surface area contributed by atoms with Gasteiger partial charge in [-0.05, 0) is 17.3 Å². The van der Waals surface area contributed by atoms with E-state index in [2.05, 4.69) is 25.9 Å². The Bertz CT molecular complexity index is 802.